The van der Waals surface area contributed by atoms with E-state index in [1.807, 2.05) is 87.8 Å². The van der Waals surface area contributed by atoms with Gasteiger partial charge in [-0.15, -0.1) is 11.3 Å². The van der Waals surface area contributed by atoms with E-state index in [9.17, 15) is 33.9 Å². The highest BCUT2D eigenvalue weighted by atomic mass is 35.5. The molecule has 0 radical (unpaired) electrons. The van der Waals surface area contributed by atoms with Crippen LogP contribution in [0, 0.1) is 23.7 Å². The van der Waals surface area contributed by atoms with Gasteiger partial charge in [-0.2, -0.15) is 15.2 Å². The molecule has 0 bridgehead atoms. The Bertz CT molecular complexity index is 3130. The monoisotopic (exact) mass is 1150 g/mol. The minimum Gasteiger partial charge on any atom is -0.462 e. The van der Waals surface area contributed by atoms with Crippen LogP contribution < -0.4 is 25.2 Å². The number of hydrogen-bond donors (Lipinski definition) is 3. The zero-order valence-electron chi connectivity index (χ0n) is 46.7. The van der Waals surface area contributed by atoms with Crippen molar-refractivity contribution in [1.82, 2.24) is 40.3 Å². The Labute approximate surface area is 482 Å². The van der Waals surface area contributed by atoms with E-state index in [0.717, 1.165) is 88.2 Å². The average molecular weight is 1150 g/mol. The molecule has 4 aliphatic heterocycles. The summed E-state index contributed by atoms with van der Waals surface area (Å²) in [6.07, 6.45) is 3.51. The van der Waals surface area contributed by atoms with Crippen LogP contribution in [0.4, 0.5) is 15.9 Å². The highest BCUT2D eigenvalue weighted by Crippen LogP contribution is 2.38. The van der Waals surface area contributed by atoms with E-state index in [-0.39, 0.29) is 75.9 Å². The van der Waals surface area contributed by atoms with E-state index >= 15 is 0 Å². The molecule has 3 saturated heterocycles. The summed E-state index contributed by atoms with van der Waals surface area (Å²) in [6.45, 7) is 15.8. The average Bonchev–Trinajstić information content (AvgIpc) is 4.39. The molecule has 3 fully saturated rings. The number of benzene rings is 3. The molecule has 430 valence electrons. The maximum atomic E-state index is 14.2. The number of aliphatic hydroxyl groups excluding tert-OH is 1. The number of nitriles is 1. The molecule has 18 nitrogen and oxygen atoms in total. The standard InChI is InChI=1S/C60H73ClFN11O7S/c1-38(62)57(77)72-28-27-71(33-43(72)20-23-63)55-46-21-26-70(49-15-9-12-41-11-8-14-47(61)52(41)49)35-48(46)66-59(68-55)80-36-44-13-10-25-69(44)24-6-7-29-79-30-22-51(75)67-54(60(3,4)5)58(78)73-34-45(74)31-50(73)56(76)64-32-40-16-18-42(19-17-40)53-39(2)65-37-81-53/h8-9,11-12,14-19,37,43-45,50,54,74H,1,6-7,10,13,20-22,24-36H2,2-5H3,(H,64,76)(H,67,75). The number of thiazole rings is 1. The molecule has 9 rings (SSSR count). The number of aromatic nitrogens is 3. The molecular weight excluding hydrogens is 1070 g/mol. The maximum absolute atomic E-state index is 14.2. The van der Waals surface area contributed by atoms with Crippen molar-refractivity contribution < 1.29 is 38.1 Å². The van der Waals surface area contributed by atoms with Crippen LogP contribution in [0.2, 0.25) is 5.02 Å². The number of halogens is 2. The normalized spacial score (nSPS) is 19.8. The molecule has 3 aromatic carbocycles. The fraction of sp³-hybridized carbons (Fsp3) is 0.500. The number of piperazine rings is 1. The van der Waals surface area contributed by atoms with Gasteiger partial charge in [-0.05, 0) is 86.2 Å². The first-order chi connectivity index (χ1) is 39.0. The summed E-state index contributed by atoms with van der Waals surface area (Å²) >= 11 is 8.37. The minimum atomic E-state index is -1.05. The van der Waals surface area contributed by atoms with Gasteiger partial charge in [0.15, 0.2) is 5.83 Å². The lowest BCUT2D eigenvalue weighted by Gasteiger charge is -2.42. The molecule has 0 spiro atoms. The molecule has 4 amide bonds. The van der Waals surface area contributed by atoms with Crippen molar-refractivity contribution >= 4 is 68.8 Å². The van der Waals surface area contributed by atoms with Crippen LogP contribution in [0.15, 0.2) is 78.6 Å². The van der Waals surface area contributed by atoms with Gasteiger partial charge in [-0.1, -0.05) is 87.5 Å². The molecule has 6 heterocycles. The topological polar surface area (TPSA) is 210 Å². The van der Waals surface area contributed by atoms with E-state index in [2.05, 4.69) is 49.0 Å². The molecule has 4 aliphatic rings. The summed E-state index contributed by atoms with van der Waals surface area (Å²) < 4.78 is 26.6. The van der Waals surface area contributed by atoms with E-state index in [1.165, 1.54) is 9.80 Å². The van der Waals surface area contributed by atoms with Gasteiger partial charge in [0.2, 0.25) is 17.7 Å². The smallest absolute Gasteiger partial charge is 0.318 e. The largest absolute Gasteiger partial charge is 0.462 e. The first-order valence-corrected chi connectivity index (χ1v) is 29.3. The summed E-state index contributed by atoms with van der Waals surface area (Å²) in [5, 5.41) is 28.9. The zero-order chi connectivity index (χ0) is 57.4. The van der Waals surface area contributed by atoms with Crippen molar-refractivity contribution in [2.24, 2.45) is 5.41 Å². The summed E-state index contributed by atoms with van der Waals surface area (Å²) in [5.41, 5.74) is 6.82. The van der Waals surface area contributed by atoms with Crippen LogP contribution >= 0.6 is 22.9 Å². The number of unbranched alkanes of at least 4 members (excludes halogenated alkanes) is 1. The third kappa shape index (κ3) is 14.1. The van der Waals surface area contributed by atoms with Gasteiger partial charge < -0.3 is 44.8 Å². The van der Waals surface area contributed by atoms with E-state index < -0.39 is 47.3 Å². The Kier molecular flexibility index (Phi) is 19.2. The fourth-order valence-electron chi connectivity index (χ4n) is 11.6. The lowest BCUT2D eigenvalue weighted by molar-refractivity contribution is -0.144. The summed E-state index contributed by atoms with van der Waals surface area (Å²) in [6, 6.07) is 20.1. The molecule has 21 heteroatoms. The third-order valence-corrected chi connectivity index (χ3v) is 17.2. The number of aliphatic hydroxyl groups is 1. The zero-order valence-corrected chi connectivity index (χ0v) is 48.2. The Hall–Kier alpha value is -6.76. The number of amides is 4. The second kappa shape index (κ2) is 26.4. The number of rotatable bonds is 21. The number of β-amino-alcohol motifs (C(OH)–C–C–N with tert-alkyl or cyclic N) is 1. The summed E-state index contributed by atoms with van der Waals surface area (Å²) in [7, 11) is 0. The van der Waals surface area contributed by atoms with Crippen LogP contribution in [0.1, 0.15) is 88.2 Å². The van der Waals surface area contributed by atoms with Gasteiger partial charge in [0.05, 0.1) is 64.6 Å². The molecule has 0 saturated carbocycles. The second-order valence-corrected chi connectivity index (χ2v) is 23.8. The molecule has 81 heavy (non-hydrogen) atoms. The maximum Gasteiger partial charge on any atom is 0.318 e. The van der Waals surface area contributed by atoms with Crippen LogP contribution in [0.5, 0.6) is 6.01 Å². The lowest BCUT2D eigenvalue weighted by atomic mass is 9.85. The summed E-state index contributed by atoms with van der Waals surface area (Å²) in [5.74, 6) is -2.29. The van der Waals surface area contributed by atoms with Crippen LogP contribution in [-0.2, 0) is 43.4 Å². The van der Waals surface area contributed by atoms with Crippen LogP contribution in [-0.4, -0.2) is 154 Å². The van der Waals surface area contributed by atoms with Crippen molar-refractivity contribution in [2.45, 2.75) is 122 Å². The number of carbonyl (C=O) groups is 4. The number of anilines is 2. The molecule has 5 atom stereocenters. The van der Waals surface area contributed by atoms with E-state index in [1.54, 1.807) is 11.3 Å². The van der Waals surface area contributed by atoms with Gasteiger partial charge in [-0.3, -0.25) is 24.1 Å². The number of ether oxygens (including phenoxy) is 2. The highest BCUT2D eigenvalue weighted by Gasteiger charge is 2.45. The number of carbonyl (C=O) groups excluding carboxylic acids is 4. The first-order valence-electron chi connectivity index (χ1n) is 28.1. The predicted octanol–water partition coefficient (Wildman–Crippen LogP) is 7.53. The Balaban J connectivity index is 0.755. The fourth-order valence-corrected chi connectivity index (χ4v) is 12.6. The SMILES string of the molecule is C=C(F)C(=O)N1CCN(c2nc(OCC3CCCN3CCCCOCCC(=O)NC(C(=O)N3CC(O)CC3C(=O)NCc3ccc(-c4scnc4C)cc3)C(C)(C)C)nc3c2CCN(c2cccc4cccc(Cl)c24)C3)CC1CC#N. The second-order valence-electron chi connectivity index (χ2n) is 22.6. The number of aryl methyl sites for hydroxylation is 1. The van der Waals surface area contributed by atoms with Gasteiger partial charge in [-0.25, -0.2) is 9.37 Å². The van der Waals surface area contributed by atoms with Gasteiger partial charge in [0.1, 0.15) is 24.5 Å². The molecule has 5 aromatic rings. The van der Waals surface area contributed by atoms with Gasteiger partial charge >= 0.3 is 6.01 Å². The van der Waals surface area contributed by atoms with Crippen molar-refractivity contribution in [3.63, 3.8) is 0 Å². The lowest BCUT2D eigenvalue weighted by Crippen LogP contribution is -2.57. The van der Waals surface area contributed by atoms with Crippen molar-refractivity contribution in [1.29, 1.82) is 5.26 Å². The molecule has 3 N–H and O–H groups in total. The Morgan fingerprint density at radius 3 is 2.51 bits per heavy atom. The molecular formula is C60H73ClFN11O7S. The molecule has 0 aliphatic carbocycles. The number of nitrogens with zero attached hydrogens (tertiary/aromatic N) is 9. The number of hydrogen-bond acceptors (Lipinski definition) is 15. The van der Waals surface area contributed by atoms with Crippen LogP contribution in [0.3, 0.4) is 0 Å². The van der Waals surface area contributed by atoms with Crippen molar-refractivity contribution in [2.75, 3.05) is 75.4 Å². The van der Waals surface area contributed by atoms with Crippen LogP contribution in [0.25, 0.3) is 21.2 Å². The quantitative estimate of drug-likeness (QED) is 0.0480. The van der Waals surface area contributed by atoms with Crippen molar-refractivity contribution in [3.05, 3.63) is 106 Å². The summed E-state index contributed by atoms with van der Waals surface area (Å²) in [4.78, 5) is 78.9. The molecule has 2 aromatic heterocycles. The first kappa shape index (κ1) is 58.9. The number of likely N-dealkylation sites (tertiary alicyclic amines) is 2. The highest BCUT2D eigenvalue weighted by molar-refractivity contribution is 7.13. The Morgan fingerprint density at radius 1 is 0.975 bits per heavy atom. The van der Waals surface area contributed by atoms with E-state index in [4.69, 9.17) is 31.0 Å². The van der Waals surface area contributed by atoms with E-state index in [0.29, 0.717) is 50.1 Å². The van der Waals surface area contributed by atoms with Gasteiger partial charge in [0.25, 0.3) is 5.91 Å². The van der Waals surface area contributed by atoms with Crippen molar-refractivity contribution in [3.8, 4) is 22.5 Å². The third-order valence-electron chi connectivity index (χ3n) is 15.9. The Morgan fingerprint density at radius 2 is 1.77 bits per heavy atom. The predicted molar refractivity (Wildman–Crippen MR) is 310 cm³/mol. The minimum absolute atomic E-state index is 0.0119. The molecule has 5 unspecified atom stereocenters. The van der Waals surface area contributed by atoms with Gasteiger partial charge in [0, 0.05) is 81.4 Å². The number of nitrogens with one attached hydrogen (secondary N) is 2. The number of fused-ring (bicyclic) bond motifs is 2.